The van der Waals surface area contributed by atoms with Gasteiger partial charge in [0.25, 0.3) is 5.91 Å². The van der Waals surface area contributed by atoms with E-state index >= 15 is 0 Å². The number of hydrogen-bond acceptors (Lipinski definition) is 5. The van der Waals surface area contributed by atoms with Gasteiger partial charge in [-0.15, -0.1) is 0 Å². The van der Waals surface area contributed by atoms with Crippen molar-refractivity contribution in [3.05, 3.63) is 64.1 Å². The van der Waals surface area contributed by atoms with Crippen molar-refractivity contribution in [3.63, 3.8) is 0 Å². The Kier molecular flexibility index (Phi) is 8.88. The monoisotopic (exact) mass is 516 g/mol. The molecule has 1 N–H and O–H groups in total. The molecule has 1 unspecified atom stereocenters. The van der Waals surface area contributed by atoms with Crippen molar-refractivity contribution in [2.75, 3.05) is 26.3 Å². The quantitative estimate of drug-likeness (QED) is 0.514. The summed E-state index contributed by atoms with van der Waals surface area (Å²) in [7, 11) is 0. The number of rotatable bonds is 9. The zero-order chi connectivity index (χ0) is 23.8. The summed E-state index contributed by atoms with van der Waals surface area (Å²) >= 11 is 3.42. The predicted molar refractivity (Wildman–Crippen MR) is 128 cm³/mol. The van der Waals surface area contributed by atoms with Crippen LogP contribution in [0.4, 0.5) is 0 Å². The number of nitrogens with zero attached hydrogens (tertiary/aromatic N) is 1. The summed E-state index contributed by atoms with van der Waals surface area (Å²) < 4.78 is 11.9. The number of carbonyl (C=O) groups is 3. The molecule has 176 valence electrons. The third-order valence-electron chi connectivity index (χ3n) is 5.19. The number of carbonyl (C=O) groups excluding carboxylic acids is 3. The molecular formula is C25H29BrN2O5. The van der Waals surface area contributed by atoms with Crippen LogP contribution < -0.4 is 10.1 Å². The Balaban J connectivity index is 1.74. The van der Waals surface area contributed by atoms with Gasteiger partial charge in [0.1, 0.15) is 11.8 Å². The van der Waals surface area contributed by atoms with E-state index in [2.05, 4.69) is 21.2 Å². The molecule has 0 spiro atoms. The average molecular weight is 517 g/mol. The van der Waals surface area contributed by atoms with Crippen LogP contribution in [0.2, 0.25) is 0 Å². The summed E-state index contributed by atoms with van der Waals surface area (Å²) in [5.74, 6) is -0.604. The van der Waals surface area contributed by atoms with Crippen LogP contribution in [0.1, 0.15) is 36.2 Å². The van der Waals surface area contributed by atoms with Crippen molar-refractivity contribution in [2.24, 2.45) is 5.92 Å². The molecule has 1 saturated heterocycles. The van der Waals surface area contributed by atoms with E-state index in [0.29, 0.717) is 37.4 Å². The Bertz CT molecular complexity index is 980. The Hall–Kier alpha value is -2.87. The van der Waals surface area contributed by atoms with E-state index in [1.807, 2.05) is 44.2 Å². The first kappa shape index (κ1) is 24.8. The Labute approximate surface area is 202 Å². The fourth-order valence-electron chi connectivity index (χ4n) is 3.51. The van der Waals surface area contributed by atoms with Crippen LogP contribution in [-0.4, -0.2) is 55.0 Å². The van der Waals surface area contributed by atoms with Crippen molar-refractivity contribution in [3.8, 4) is 5.75 Å². The van der Waals surface area contributed by atoms with Gasteiger partial charge in [-0.2, -0.15) is 0 Å². The number of halogens is 1. The lowest BCUT2D eigenvalue weighted by molar-refractivity contribution is -0.148. The smallest absolute Gasteiger partial charge is 0.308 e. The molecule has 0 bridgehead atoms. The van der Waals surface area contributed by atoms with Crippen molar-refractivity contribution < 1.29 is 23.9 Å². The van der Waals surface area contributed by atoms with Gasteiger partial charge in [0.15, 0.2) is 0 Å². The van der Waals surface area contributed by atoms with Gasteiger partial charge < -0.3 is 19.7 Å². The Morgan fingerprint density at radius 3 is 2.67 bits per heavy atom. The summed E-state index contributed by atoms with van der Waals surface area (Å²) in [6.07, 6.45) is 0.503. The van der Waals surface area contributed by atoms with Gasteiger partial charge in [-0.25, -0.2) is 0 Å². The fourth-order valence-corrected chi connectivity index (χ4v) is 3.87. The highest BCUT2D eigenvalue weighted by Gasteiger charge is 2.36. The lowest BCUT2D eigenvalue weighted by atomic mass is 10.1. The first-order valence-corrected chi connectivity index (χ1v) is 11.8. The van der Waals surface area contributed by atoms with Gasteiger partial charge in [-0.3, -0.25) is 14.4 Å². The SMILES string of the molecule is CC(C)COC(=O)CC1C(=O)NCCN1C(=O)c1cc(Br)ccc1OCCc1ccccc1. The number of hydrogen-bond donors (Lipinski definition) is 1. The van der Waals surface area contributed by atoms with Crippen molar-refractivity contribution in [1.82, 2.24) is 10.2 Å². The first-order valence-electron chi connectivity index (χ1n) is 11.1. The lowest BCUT2D eigenvalue weighted by Crippen LogP contribution is -2.57. The summed E-state index contributed by atoms with van der Waals surface area (Å²) in [4.78, 5) is 39.8. The van der Waals surface area contributed by atoms with Crippen molar-refractivity contribution in [2.45, 2.75) is 32.7 Å². The molecule has 3 rings (SSSR count). The highest BCUT2D eigenvalue weighted by molar-refractivity contribution is 9.10. The summed E-state index contributed by atoms with van der Waals surface area (Å²) in [5, 5.41) is 2.74. The van der Waals surface area contributed by atoms with E-state index in [-0.39, 0.29) is 30.8 Å². The molecule has 7 nitrogen and oxygen atoms in total. The van der Waals surface area contributed by atoms with E-state index in [1.54, 1.807) is 18.2 Å². The third kappa shape index (κ3) is 7.05. The van der Waals surface area contributed by atoms with Crippen molar-refractivity contribution in [1.29, 1.82) is 0 Å². The minimum atomic E-state index is -0.929. The second kappa shape index (κ2) is 11.8. The first-order chi connectivity index (χ1) is 15.8. The number of ether oxygens (including phenoxy) is 2. The molecule has 0 aromatic heterocycles. The highest BCUT2D eigenvalue weighted by Crippen LogP contribution is 2.27. The van der Waals surface area contributed by atoms with Crippen LogP contribution in [0.5, 0.6) is 5.75 Å². The number of benzene rings is 2. The van der Waals surface area contributed by atoms with Gasteiger partial charge in [0.2, 0.25) is 5.91 Å². The molecule has 0 aliphatic carbocycles. The van der Waals surface area contributed by atoms with Crippen LogP contribution in [0.25, 0.3) is 0 Å². The number of nitrogens with one attached hydrogen (secondary N) is 1. The summed E-state index contributed by atoms with van der Waals surface area (Å²) in [6.45, 7) is 5.15. The molecule has 0 radical (unpaired) electrons. The van der Waals surface area contributed by atoms with E-state index in [9.17, 15) is 14.4 Å². The third-order valence-corrected chi connectivity index (χ3v) is 5.69. The Morgan fingerprint density at radius 1 is 1.18 bits per heavy atom. The van der Waals surface area contributed by atoms with Gasteiger partial charge in [0.05, 0.1) is 25.2 Å². The minimum absolute atomic E-state index is 0.184. The Morgan fingerprint density at radius 2 is 1.94 bits per heavy atom. The van der Waals surface area contributed by atoms with E-state index in [4.69, 9.17) is 9.47 Å². The molecule has 2 aromatic rings. The normalized spacial score (nSPS) is 15.8. The van der Waals surface area contributed by atoms with Crippen molar-refractivity contribution >= 4 is 33.7 Å². The summed E-state index contributed by atoms with van der Waals surface area (Å²) in [6, 6.07) is 14.2. The lowest BCUT2D eigenvalue weighted by Gasteiger charge is -2.35. The van der Waals surface area contributed by atoms with Gasteiger partial charge in [-0.05, 0) is 29.7 Å². The van der Waals surface area contributed by atoms with Crippen LogP contribution in [-0.2, 0) is 20.7 Å². The highest BCUT2D eigenvalue weighted by atomic mass is 79.9. The molecule has 1 heterocycles. The van der Waals surface area contributed by atoms with E-state index in [1.165, 1.54) is 4.90 Å². The van der Waals surface area contributed by atoms with Gasteiger partial charge >= 0.3 is 5.97 Å². The maximum absolute atomic E-state index is 13.5. The second-order valence-corrected chi connectivity index (χ2v) is 9.23. The molecule has 1 atom stereocenters. The molecule has 8 heteroatoms. The van der Waals surface area contributed by atoms with Crippen LogP contribution in [0.15, 0.2) is 53.0 Å². The molecule has 33 heavy (non-hydrogen) atoms. The topological polar surface area (TPSA) is 84.9 Å². The van der Waals surface area contributed by atoms with Gasteiger partial charge in [0, 0.05) is 24.0 Å². The molecule has 0 saturated carbocycles. The molecular weight excluding hydrogens is 488 g/mol. The number of esters is 1. The number of piperazine rings is 1. The van der Waals surface area contributed by atoms with E-state index in [0.717, 1.165) is 10.0 Å². The summed E-state index contributed by atoms with van der Waals surface area (Å²) in [5.41, 5.74) is 1.47. The second-order valence-electron chi connectivity index (χ2n) is 8.31. The number of amides is 2. The fraction of sp³-hybridized carbons (Fsp3) is 0.400. The predicted octanol–water partition coefficient (Wildman–Crippen LogP) is 3.60. The maximum Gasteiger partial charge on any atom is 0.308 e. The maximum atomic E-state index is 13.5. The largest absolute Gasteiger partial charge is 0.492 e. The molecule has 1 aliphatic heterocycles. The molecule has 2 amide bonds. The standard InChI is InChI=1S/C25H29BrN2O5/c1-17(2)16-33-23(29)15-21-24(30)27-11-12-28(21)25(31)20-14-19(26)8-9-22(20)32-13-10-18-6-4-3-5-7-18/h3-9,14,17,21H,10-13,15-16H2,1-2H3,(H,27,30). The zero-order valence-corrected chi connectivity index (χ0v) is 20.5. The molecule has 1 aliphatic rings. The zero-order valence-electron chi connectivity index (χ0n) is 18.9. The average Bonchev–Trinajstić information content (AvgIpc) is 2.80. The minimum Gasteiger partial charge on any atom is -0.492 e. The van der Waals surface area contributed by atoms with Crippen LogP contribution >= 0.6 is 15.9 Å². The van der Waals surface area contributed by atoms with Crippen LogP contribution in [0, 0.1) is 5.92 Å². The van der Waals surface area contributed by atoms with Gasteiger partial charge in [-0.1, -0.05) is 60.1 Å². The molecule has 2 aromatic carbocycles. The van der Waals surface area contributed by atoms with Crippen LogP contribution in [0.3, 0.4) is 0 Å². The van der Waals surface area contributed by atoms with E-state index < -0.39 is 12.0 Å². The molecule has 1 fully saturated rings.